The molecule has 34 heavy (non-hydrogen) atoms. The van der Waals surface area contributed by atoms with Gasteiger partial charge in [0, 0.05) is 35.5 Å². The van der Waals surface area contributed by atoms with Crippen LogP contribution in [-0.2, 0) is 14.3 Å². The molecule has 3 rings (SSSR count). The number of carbonyl (C=O) groups excluding carboxylic acids is 2. The summed E-state index contributed by atoms with van der Waals surface area (Å²) in [5.41, 5.74) is 1.23. The fraction of sp³-hybridized carbons (Fsp3) is 0.320. The van der Waals surface area contributed by atoms with Crippen LogP contribution >= 0.6 is 11.8 Å². The second-order valence-electron chi connectivity index (χ2n) is 7.72. The van der Waals surface area contributed by atoms with Crippen molar-refractivity contribution in [1.82, 2.24) is 4.90 Å². The summed E-state index contributed by atoms with van der Waals surface area (Å²) in [7, 11) is 2.76. The van der Waals surface area contributed by atoms with Gasteiger partial charge in [0.2, 0.25) is 0 Å². The van der Waals surface area contributed by atoms with Gasteiger partial charge in [-0.25, -0.2) is 14.0 Å². The van der Waals surface area contributed by atoms with Gasteiger partial charge in [-0.2, -0.15) is 0 Å². The van der Waals surface area contributed by atoms with Gasteiger partial charge in [0.15, 0.2) is 5.78 Å². The molecule has 1 heterocycles. The zero-order valence-corrected chi connectivity index (χ0v) is 19.7. The van der Waals surface area contributed by atoms with E-state index >= 15 is 0 Å². The molecule has 0 amide bonds. The fourth-order valence-electron chi connectivity index (χ4n) is 3.93. The zero-order chi connectivity index (χ0) is 24.7. The molecule has 180 valence electrons. The van der Waals surface area contributed by atoms with Crippen molar-refractivity contribution >= 4 is 29.5 Å². The molecule has 1 N–H and O–H groups in total. The third kappa shape index (κ3) is 6.24. The van der Waals surface area contributed by atoms with E-state index in [9.17, 15) is 23.9 Å². The summed E-state index contributed by atoms with van der Waals surface area (Å²) in [5, 5.41) is 9.17. The molecule has 0 radical (unpaired) electrons. The van der Waals surface area contributed by atoms with Crippen molar-refractivity contribution in [3.63, 3.8) is 0 Å². The number of rotatable bonds is 9. The number of ether oxygens (including phenoxy) is 2. The number of thioether (sulfide) groups is 1. The van der Waals surface area contributed by atoms with Gasteiger partial charge in [-0.05, 0) is 30.2 Å². The number of ketones is 1. The highest BCUT2D eigenvalue weighted by Crippen LogP contribution is 2.34. The highest BCUT2D eigenvalue weighted by molar-refractivity contribution is 8.00. The number of esters is 1. The molecule has 0 unspecified atom stereocenters. The van der Waals surface area contributed by atoms with Crippen LogP contribution in [0.15, 0.2) is 60.2 Å². The first-order valence-electron chi connectivity index (χ1n) is 10.6. The van der Waals surface area contributed by atoms with Crippen LogP contribution in [0.3, 0.4) is 0 Å². The van der Waals surface area contributed by atoms with E-state index in [1.165, 1.54) is 44.2 Å². The van der Waals surface area contributed by atoms with E-state index in [1.54, 1.807) is 35.2 Å². The van der Waals surface area contributed by atoms with E-state index in [0.717, 1.165) is 6.08 Å². The van der Waals surface area contributed by atoms with E-state index in [4.69, 9.17) is 9.47 Å². The summed E-state index contributed by atoms with van der Waals surface area (Å²) in [6.45, 7) is 0.529. The number of carboxylic acid groups (broad SMARTS) is 1. The van der Waals surface area contributed by atoms with Crippen molar-refractivity contribution in [3.05, 3.63) is 77.1 Å². The Kier molecular flexibility index (Phi) is 8.84. The van der Waals surface area contributed by atoms with E-state index in [2.05, 4.69) is 0 Å². The molecule has 7 nitrogen and oxygen atoms in total. The highest BCUT2D eigenvalue weighted by Gasteiger charge is 2.36. The van der Waals surface area contributed by atoms with Crippen molar-refractivity contribution in [2.75, 3.05) is 33.1 Å². The maximum atomic E-state index is 14.5. The Morgan fingerprint density at radius 2 is 1.97 bits per heavy atom. The number of methoxy groups -OCH3 is 2. The van der Waals surface area contributed by atoms with Gasteiger partial charge < -0.3 is 14.6 Å². The van der Waals surface area contributed by atoms with Crippen LogP contribution in [0, 0.1) is 5.82 Å². The van der Waals surface area contributed by atoms with Crippen LogP contribution in [0.4, 0.5) is 4.39 Å². The molecular formula is C25H26FNO6S. The van der Waals surface area contributed by atoms with Gasteiger partial charge in [-0.3, -0.25) is 9.69 Å². The maximum absolute atomic E-state index is 14.5. The predicted octanol–water partition coefficient (Wildman–Crippen LogP) is 3.75. The topological polar surface area (TPSA) is 93.1 Å². The Bertz CT molecular complexity index is 1090. The number of piperidine rings is 1. The van der Waals surface area contributed by atoms with Crippen LogP contribution in [0.2, 0.25) is 0 Å². The minimum Gasteiger partial charge on any atom is -0.497 e. The van der Waals surface area contributed by atoms with Crippen molar-refractivity contribution < 1.29 is 33.4 Å². The van der Waals surface area contributed by atoms with Crippen LogP contribution < -0.4 is 4.74 Å². The summed E-state index contributed by atoms with van der Waals surface area (Å²) in [6.07, 6.45) is 1.59. The van der Waals surface area contributed by atoms with Crippen molar-refractivity contribution in [2.45, 2.75) is 17.7 Å². The van der Waals surface area contributed by atoms with Crippen molar-refractivity contribution in [2.24, 2.45) is 0 Å². The second kappa shape index (κ2) is 11.8. The Morgan fingerprint density at radius 1 is 1.21 bits per heavy atom. The number of aliphatic carboxylic acids is 1. The van der Waals surface area contributed by atoms with Crippen molar-refractivity contribution in [3.8, 4) is 5.75 Å². The van der Waals surface area contributed by atoms with Gasteiger partial charge in [-0.1, -0.05) is 30.3 Å². The summed E-state index contributed by atoms with van der Waals surface area (Å²) < 4.78 is 24.6. The third-order valence-corrected chi connectivity index (χ3v) is 6.95. The highest BCUT2D eigenvalue weighted by atomic mass is 32.2. The zero-order valence-electron chi connectivity index (χ0n) is 18.9. The standard InChI is InChI=1S/C25H26FNO6S/c1-32-18-7-5-6-16(12-18)21(28)15-34-22-10-11-27(14-17(22)13-23(29)30)24(25(31)33-2)19-8-3-4-9-20(19)26/h3-9,12-13,22,24H,10-11,14-15H2,1-2H3,(H,29,30)/b17-13-/t22-,24+/m1/s1. The van der Waals surface area contributed by atoms with Gasteiger partial charge in [0.05, 0.1) is 20.0 Å². The van der Waals surface area contributed by atoms with Crippen LogP contribution in [0.25, 0.3) is 0 Å². The number of hydrogen-bond acceptors (Lipinski definition) is 7. The SMILES string of the molecule is COC(=O)[C@H](c1ccccc1F)N1CC[C@@H](SCC(=O)c2cccc(OC)c2)/C(=C\C(=O)O)C1. The average Bonchev–Trinajstić information content (AvgIpc) is 2.84. The summed E-state index contributed by atoms with van der Waals surface area (Å²) in [6, 6.07) is 11.8. The average molecular weight is 488 g/mol. The number of carboxylic acids is 1. The number of halogens is 1. The van der Waals surface area contributed by atoms with Crippen LogP contribution in [-0.4, -0.2) is 66.0 Å². The molecule has 2 atom stereocenters. The first-order valence-corrected chi connectivity index (χ1v) is 11.7. The lowest BCUT2D eigenvalue weighted by molar-refractivity contribution is -0.147. The lowest BCUT2D eigenvalue weighted by Crippen LogP contribution is -2.43. The van der Waals surface area contributed by atoms with Crippen LogP contribution in [0.1, 0.15) is 28.4 Å². The fourth-order valence-corrected chi connectivity index (χ4v) is 5.08. The van der Waals surface area contributed by atoms with Gasteiger partial charge in [-0.15, -0.1) is 11.8 Å². The van der Waals surface area contributed by atoms with Crippen molar-refractivity contribution in [1.29, 1.82) is 0 Å². The Labute approximate surface area is 201 Å². The molecule has 0 aromatic heterocycles. The molecular weight excluding hydrogens is 461 g/mol. The number of benzene rings is 2. The third-order valence-electron chi connectivity index (χ3n) is 5.58. The van der Waals surface area contributed by atoms with E-state index in [0.29, 0.717) is 29.9 Å². The second-order valence-corrected chi connectivity index (χ2v) is 8.91. The summed E-state index contributed by atoms with van der Waals surface area (Å²) in [5.74, 6) is -1.65. The number of nitrogens with zero attached hydrogens (tertiary/aromatic N) is 1. The maximum Gasteiger partial charge on any atom is 0.328 e. The van der Waals surface area contributed by atoms with Gasteiger partial charge in [0.1, 0.15) is 17.6 Å². The number of carbonyl (C=O) groups is 3. The molecule has 1 aliphatic heterocycles. The molecule has 0 bridgehead atoms. The smallest absolute Gasteiger partial charge is 0.328 e. The number of Topliss-reactive ketones (excluding diaryl/α,β-unsaturated/α-hetero) is 1. The van der Waals surface area contributed by atoms with E-state index < -0.39 is 23.8 Å². The number of hydrogen-bond donors (Lipinski definition) is 1. The quantitative estimate of drug-likeness (QED) is 0.325. The Balaban J connectivity index is 1.77. The Hall–Kier alpha value is -3.17. The molecule has 0 spiro atoms. The molecule has 1 fully saturated rings. The predicted molar refractivity (Wildman–Crippen MR) is 127 cm³/mol. The minimum absolute atomic E-state index is 0.0974. The Morgan fingerprint density at radius 3 is 2.65 bits per heavy atom. The monoisotopic (exact) mass is 487 g/mol. The molecule has 2 aromatic carbocycles. The summed E-state index contributed by atoms with van der Waals surface area (Å²) in [4.78, 5) is 38.5. The normalized spacial score (nSPS) is 18.3. The lowest BCUT2D eigenvalue weighted by atomic mass is 9.98. The molecule has 2 aromatic rings. The largest absolute Gasteiger partial charge is 0.497 e. The molecule has 0 aliphatic carbocycles. The molecule has 0 saturated carbocycles. The van der Waals surface area contributed by atoms with E-state index in [1.807, 2.05) is 0 Å². The van der Waals surface area contributed by atoms with E-state index in [-0.39, 0.29) is 28.9 Å². The molecule has 9 heteroatoms. The van der Waals surface area contributed by atoms with Gasteiger partial charge in [0.25, 0.3) is 0 Å². The first-order chi connectivity index (χ1) is 16.3. The molecule has 1 saturated heterocycles. The summed E-state index contributed by atoms with van der Waals surface area (Å²) >= 11 is 1.35. The number of likely N-dealkylation sites (tertiary alicyclic amines) is 1. The van der Waals surface area contributed by atoms with Crippen LogP contribution in [0.5, 0.6) is 5.75 Å². The molecule has 1 aliphatic rings. The van der Waals surface area contributed by atoms with Gasteiger partial charge >= 0.3 is 11.9 Å². The minimum atomic E-state index is -1.12. The lowest BCUT2D eigenvalue weighted by Gasteiger charge is -2.37. The first kappa shape index (κ1) is 25.5.